The molecule has 8 nitrogen and oxygen atoms in total. The van der Waals surface area contributed by atoms with Crippen LogP contribution in [-0.2, 0) is 24.3 Å². The molecule has 11 heteroatoms. The number of aryl methyl sites for hydroxylation is 1. The highest BCUT2D eigenvalue weighted by Gasteiger charge is 2.19. The topological polar surface area (TPSA) is 99.4 Å². The van der Waals surface area contributed by atoms with Crippen molar-refractivity contribution in [1.82, 2.24) is 19.5 Å². The van der Waals surface area contributed by atoms with Crippen molar-refractivity contribution in [3.05, 3.63) is 106 Å². The van der Waals surface area contributed by atoms with E-state index in [4.69, 9.17) is 9.47 Å². The summed E-state index contributed by atoms with van der Waals surface area (Å²) in [6.45, 7) is 2.25. The summed E-state index contributed by atoms with van der Waals surface area (Å²) in [4.78, 5) is 24.2. The van der Waals surface area contributed by atoms with Gasteiger partial charge in [0.2, 0.25) is 0 Å². The van der Waals surface area contributed by atoms with Crippen molar-refractivity contribution >= 4 is 17.0 Å². The van der Waals surface area contributed by atoms with Crippen LogP contribution in [0.15, 0.2) is 60.8 Å². The highest BCUT2D eigenvalue weighted by molar-refractivity contribution is 5.92. The van der Waals surface area contributed by atoms with Gasteiger partial charge in [-0.1, -0.05) is 12.1 Å². The number of hydrogen-bond donors (Lipinski definition) is 1. The van der Waals surface area contributed by atoms with Crippen LogP contribution in [0.4, 0.5) is 13.2 Å². The molecular formula is C30H25F3N4O4. The first-order valence-corrected chi connectivity index (χ1v) is 12.6. The van der Waals surface area contributed by atoms with E-state index in [0.717, 1.165) is 17.7 Å². The Kier molecular flexibility index (Phi) is 7.97. The Morgan fingerprint density at radius 3 is 2.46 bits per heavy atom. The van der Waals surface area contributed by atoms with Crippen molar-refractivity contribution in [2.45, 2.75) is 26.5 Å². The van der Waals surface area contributed by atoms with Gasteiger partial charge in [-0.3, -0.25) is 0 Å². The first kappa shape index (κ1) is 27.8. The van der Waals surface area contributed by atoms with Gasteiger partial charge in [0.05, 0.1) is 28.9 Å². The van der Waals surface area contributed by atoms with Gasteiger partial charge >= 0.3 is 12.0 Å². The molecule has 0 spiro atoms. The molecule has 1 N–H and O–H groups in total. The number of imidazole rings is 1. The number of carboxylic acids is 1. The molecule has 0 bridgehead atoms. The first-order valence-electron chi connectivity index (χ1n) is 12.6. The van der Waals surface area contributed by atoms with E-state index in [1.165, 1.54) is 37.6 Å². The fourth-order valence-corrected chi connectivity index (χ4v) is 4.43. The van der Waals surface area contributed by atoms with Gasteiger partial charge in [-0.05, 0) is 55.0 Å². The van der Waals surface area contributed by atoms with Crippen LogP contribution >= 0.6 is 0 Å². The molecule has 210 valence electrons. The van der Waals surface area contributed by atoms with E-state index in [1.54, 1.807) is 29.7 Å². The SMILES string of the molecule is COCCn1c(Cc2c(F)cc(-c3ccnc(OCc4ccc(C)cc4F)n3)cc2F)nc2ccc(C(=O)O)cc21. The molecular weight excluding hydrogens is 537 g/mol. The number of carboxylic acid groups (broad SMARTS) is 1. The largest absolute Gasteiger partial charge is 0.478 e. The van der Waals surface area contributed by atoms with Crippen LogP contribution < -0.4 is 4.74 Å². The molecule has 41 heavy (non-hydrogen) atoms. The fraction of sp³-hybridized carbons (Fsp3) is 0.200. The van der Waals surface area contributed by atoms with Gasteiger partial charge < -0.3 is 19.1 Å². The summed E-state index contributed by atoms with van der Waals surface area (Å²) >= 11 is 0. The molecule has 0 amide bonds. The number of halogens is 3. The zero-order valence-electron chi connectivity index (χ0n) is 22.2. The standard InChI is InChI=1S/C30H25F3N4O4/c1-17-3-4-19(22(31)11-17)16-41-30-34-8-7-25(36-30)20-12-23(32)21(24(33)13-20)15-28-35-26-6-5-18(29(38)39)14-27(26)37(28)9-10-40-2/h3-8,11-14H,9-10,15-16H2,1-2H3,(H,38,39). The van der Waals surface area contributed by atoms with Crippen LogP contribution in [-0.4, -0.2) is 44.3 Å². The number of ether oxygens (including phenoxy) is 2. The lowest BCUT2D eigenvalue weighted by molar-refractivity contribution is 0.0697. The average molecular weight is 563 g/mol. The second-order valence-electron chi connectivity index (χ2n) is 9.38. The number of carbonyl (C=O) groups is 1. The second-order valence-corrected chi connectivity index (χ2v) is 9.38. The number of fused-ring (bicyclic) bond motifs is 1. The Morgan fingerprint density at radius 1 is 0.976 bits per heavy atom. The highest BCUT2D eigenvalue weighted by atomic mass is 19.1. The van der Waals surface area contributed by atoms with E-state index >= 15 is 8.78 Å². The van der Waals surface area contributed by atoms with Crippen molar-refractivity contribution < 1.29 is 32.5 Å². The maximum absolute atomic E-state index is 15.3. The van der Waals surface area contributed by atoms with Crippen LogP contribution in [0.25, 0.3) is 22.3 Å². The van der Waals surface area contributed by atoms with Gasteiger partial charge in [-0.15, -0.1) is 0 Å². The predicted octanol–water partition coefficient (Wildman–Crippen LogP) is 5.73. The van der Waals surface area contributed by atoms with Crippen LogP contribution in [0.5, 0.6) is 6.01 Å². The fourth-order valence-electron chi connectivity index (χ4n) is 4.43. The third-order valence-corrected chi connectivity index (χ3v) is 6.56. The summed E-state index contributed by atoms with van der Waals surface area (Å²) in [5.74, 6) is -2.77. The number of rotatable bonds is 10. The zero-order valence-corrected chi connectivity index (χ0v) is 22.2. The molecule has 5 rings (SSSR count). The van der Waals surface area contributed by atoms with Crippen molar-refractivity contribution in [2.24, 2.45) is 0 Å². The van der Waals surface area contributed by atoms with E-state index in [-0.39, 0.29) is 48.0 Å². The Hall–Kier alpha value is -4.77. The zero-order chi connectivity index (χ0) is 29.1. The Bertz CT molecular complexity index is 1730. The molecule has 0 saturated carbocycles. The molecule has 0 saturated heterocycles. The van der Waals surface area contributed by atoms with Crippen LogP contribution in [0.3, 0.4) is 0 Å². The van der Waals surface area contributed by atoms with E-state index in [0.29, 0.717) is 29.0 Å². The lowest BCUT2D eigenvalue weighted by atomic mass is 10.0. The summed E-state index contributed by atoms with van der Waals surface area (Å²) in [7, 11) is 1.52. The monoisotopic (exact) mass is 562 g/mol. The summed E-state index contributed by atoms with van der Waals surface area (Å²) < 4.78 is 57.2. The Balaban J connectivity index is 1.41. The maximum Gasteiger partial charge on any atom is 0.335 e. The summed E-state index contributed by atoms with van der Waals surface area (Å²) in [5, 5.41) is 9.38. The number of aromatic carboxylic acids is 1. The molecule has 0 aliphatic carbocycles. The molecule has 0 atom stereocenters. The third-order valence-electron chi connectivity index (χ3n) is 6.56. The minimum Gasteiger partial charge on any atom is -0.478 e. The van der Waals surface area contributed by atoms with Crippen molar-refractivity contribution in [3.8, 4) is 17.3 Å². The van der Waals surface area contributed by atoms with Crippen LogP contribution in [0, 0.1) is 24.4 Å². The lowest BCUT2D eigenvalue weighted by Gasteiger charge is -2.12. The van der Waals surface area contributed by atoms with Gasteiger partial charge in [0.15, 0.2) is 0 Å². The number of benzene rings is 3. The van der Waals surface area contributed by atoms with E-state index in [9.17, 15) is 14.3 Å². The minimum absolute atomic E-state index is 0.0695. The molecule has 5 aromatic rings. The second kappa shape index (κ2) is 11.8. The number of methoxy groups -OCH3 is 1. The van der Waals surface area contributed by atoms with Gasteiger partial charge in [0.1, 0.15) is 29.9 Å². The van der Waals surface area contributed by atoms with E-state index in [1.807, 2.05) is 0 Å². The van der Waals surface area contributed by atoms with Crippen LogP contribution in [0.1, 0.15) is 32.9 Å². The first-order chi connectivity index (χ1) is 19.7. The summed E-state index contributed by atoms with van der Waals surface area (Å²) in [6, 6.07) is 12.9. The predicted molar refractivity (Wildman–Crippen MR) is 144 cm³/mol. The van der Waals surface area contributed by atoms with E-state index < -0.39 is 23.4 Å². The molecule has 2 aromatic heterocycles. The molecule has 0 radical (unpaired) electrons. The van der Waals surface area contributed by atoms with Crippen molar-refractivity contribution in [3.63, 3.8) is 0 Å². The molecule has 0 aliphatic heterocycles. The number of nitrogens with zero attached hydrogens (tertiary/aromatic N) is 4. The normalized spacial score (nSPS) is 11.2. The molecule has 3 aromatic carbocycles. The van der Waals surface area contributed by atoms with Crippen LogP contribution in [0.2, 0.25) is 0 Å². The molecule has 0 fully saturated rings. The summed E-state index contributed by atoms with van der Waals surface area (Å²) in [6.07, 6.45) is 1.20. The minimum atomic E-state index is -1.10. The highest BCUT2D eigenvalue weighted by Crippen LogP contribution is 2.27. The van der Waals surface area contributed by atoms with Crippen molar-refractivity contribution in [2.75, 3.05) is 13.7 Å². The van der Waals surface area contributed by atoms with Gasteiger partial charge in [0.25, 0.3) is 0 Å². The lowest BCUT2D eigenvalue weighted by Crippen LogP contribution is -2.11. The smallest absolute Gasteiger partial charge is 0.335 e. The molecule has 0 unspecified atom stereocenters. The Labute approximate surface area is 233 Å². The van der Waals surface area contributed by atoms with E-state index in [2.05, 4.69) is 15.0 Å². The van der Waals surface area contributed by atoms with Gasteiger partial charge in [-0.2, -0.15) is 4.98 Å². The van der Waals surface area contributed by atoms with Gasteiger partial charge in [0, 0.05) is 43.0 Å². The van der Waals surface area contributed by atoms with Gasteiger partial charge in [-0.25, -0.2) is 27.9 Å². The Morgan fingerprint density at radius 2 is 1.76 bits per heavy atom. The third kappa shape index (κ3) is 6.04. The number of aromatic nitrogens is 4. The van der Waals surface area contributed by atoms with Crippen molar-refractivity contribution in [1.29, 1.82) is 0 Å². The summed E-state index contributed by atoms with van der Waals surface area (Å²) in [5.41, 5.74) is 2.36. The number of hydrogen-bond acceptors (Lipinski definition) is 6. The average Bonchev–Trinajstić information content (AvgIpc) is 3.29. The quantitative estimate of drug-likeness (QED) is 0.232. The molecule has 2 heterocycles. The maximum atomic E-state index is 15.3. The molecule has 0 aliphatic rings.